The van der Waals surface area contributed by atoms with E-state index in [0.717, 1.165) is 6.07 Å². The first-order chi connectivity index (χ1) is 9.28. The van der Waals surface area contributed by atoms with Crippen molar-refractivity contribution in [3.8, 4) is 0 Å². The third-order valence-electron chi connectivity index (χ3n) is 3.15. The van der Waals surface area contributed by atoms with E-state index in [4.69, 9.17) is 0 Å². The van der Waals surface area contributed by atoms with Gasteiger partial charge in [0.15, 0.2) is 0 Å². The van der Waals surface area contributed by atoms with Crippen LogP contribution in [-0.4, -0.2) is 30.9 Å². The highest BCUT2D eigenvalue weighted by atomic mass is 32.2. The third kappa shape index (κ3) is 3.21. The summed E-state index contributed by atoms with van der Waals surface area (Å²) in [5.41, 5.74) is -1.01. The second-order valence-electron chi connectivity index (χ2n) is 4.61. The van der Waals surface area contributed by atoms with Crippen LogP contribution in [0.25, 0.3) is 0 Å². The van der Waals surface area contributed by atoms with E-state index in [1.165, 1.54) is 0 Å². The summed E-state index contributed by atoms with van der Waals surface area (Å²) in [5.74, 6) is -2.23. The smallest absolute Gasteiger partial charge is 0.307 e. The Kier molecular flexibility index (Phi) is 3.89. The molecule has 1 aliphatic rings. The Hall–Kier alpha value is -1.77. The molecule has 1 aliphatic heterocycles. The summed E-state index contributed by atoms with van der Waals surface area (Å²) in [4.78, 5) is 9.66. The SMILES string of the molecule is O=[N+]([O-])c1cc(NC2CCS(=O)(=O)CC2)c(F)cc1F. The average Bonchev–Trinajstić information content (AvgIpc) is 2.34. The fraction of sp³-hybridized carbons (Fsp3) is 0.455. The van der Waals surface area contributed by atoms with E-state index in [-0.39, 0.29) is 36.1 Å². The second kappa shape index (κ2) is 5.31. The van der Waals surface area contributed by atoms with Crippen LogP contribution in [0.3, 0.4) is 0 Å². The summed E-state index contributed by atoms with van der Waals surface area (Å²) in [6.45, 7) is 0. The highest BCUT2D eigenvalue weighted by molar-refractivity contribution is 7.91. The van der Waals surface area contributed by atoms with Crippen molar-refractivity contribution >= 4 is 21.2 Å². The summed E-state index contributed by atoms with van der Waals surface area (Å²) < 4.78 is 49.3. The highest BCUT2D eigenvalue weighted by Crippen LogP contribution is 2.27. The number of rotatable bonds is 3. The lowest BCUT2D eigenvalue weighted by Gasteiger charge is -2.24. The van der Waals surface area contributed by atoms with E-state index in [0.29, 0.717) is 6.07 Å². The minimum absolute atomic E-state index is 0.0183. The molecule has 0 saturated carbocycles. The van der Waals surface area contributed by atoms with Gasteiger partial charge in [-0.1, -0.05) is 0 Å². The van der Waals surface area contributed by atoms with Crippen LogP contribution in [0.15, 0.2) is 12.1 Å². The Labute approximate surface area is 113 Å². The van der Waals surface area contributed by atoms with Crippen LogP contribution in [0, 0.1) is 21.7 Å². The van der Waals surface area contributed by atoms with Crippen LogP contribution in [-0.2, 0) is 9.84 Å². The largest absolute Gasteiger partial charge is 0.380 e. The number of nitro benzene ring substituents is 1. The van der Waals surface area contributed by atoms with E-state index in [1.54, 1.807) is 0 Å². The molecule has 0 atom stereocenters. The average molecular weight is 306 g/mol. The van der Waals surface area contributed by atoms with Gasteiger partial charge in [0.25, 0.3) is 0 Å². The fourth-order valence-electron chi connectivity index (χ4n) is 2.04. The lowest BCUT2D eigenvalue weighted by molar-refractivity contribution is -0.387. The van der Waals surface area contributed by atoms with Gasteiger partial charge in [-0.2, -0.15) is 4.39 Å². The number of halogens is 2. The molecule has 0 bridgehead atoms. The minimum atomic E-state index is -3.05. The van der Waals surface area contributed by atoms with Crippen LogP contribution in [0.2, 0.25) is 0 Å². The molecule has 0 unspecified atom stereocenters. The van der Waals surface area contributed by atoms with Gasteiger partial charge < -0.3 is 5.32 Å². The zero-order valence-electron chi connectivity index (χ0n) is 10.3. The number of sulfone groups is 1. The van der Waals surface area contributed by atoms with E-state index >= 15 is 0 Å². The van der Waals surface area contributed by atoms with Gasteiger partial charge in [-0.25, -0.2) is 12.8 Å². The second-order valence-corrected chi connectivity index (χ2v) is 6.91. The molecule has 110 valence electrons. The Balaban J connectivity index is 2.18. The Morgan fingerprint density at radius 1 is 1.20 bits per heavy atom. The van der Waals surface area contributed by atoms with Crippen LogP contribution >= 0.6 is 0 Å². The van der Waals surface area contributed by atoms with Crippen molar-refractivity contribution in [1.29, 1.82) is 0 Å². The number of nitrogens with zero attached hydrogens (tertiary/aromatic N) is 1. The molecule has 1 saturated heterocycles. The van der Waals surface area contributed by atoms with E-state index in [2.05, 4.69) is 5.32 Å². The number of nitro groups is 1. The first kappa shape index (κ1) is 14.6. The van der Waals surface area contributed by atoms with Gasteiger partial charge in [0.05, 0.1) is 22.1 Å². The zero-order valence-corrected chi connectivity index (χ0v) is 11.1. The molecule has 1 fully saturated rings. The van der Waals surface area contributed by atoms with Crippen LogP contribution in [0.1, 0.15) is 12.8 Å². The van der Waals surface area contributed by atoms with Gasteiger partial charge in [-0.05, 0) is 12.8 Å². The number of benzene rings is 1. The van der Waals surface area contributed by atoms with Crippen LogP contribution in [0.5, 0.6) is 0 Å². The molecule has 0 aromatic heterocycles. The molecule has 0 radical (unpaired) electrons. The van der Waals surface area contributed by atoms with E-state index in [1.807, 2.05) is 0 Å². The van der Waals surface area contributed by atoms with E-state index < -0.39 is 32.1 Å². The quantitative estimate of drug-likeness (QED) is 0.680. The molecule has 1 heterocycles. The molecule has 1 aromatic carbocycles. The molecule has 1 N–H and O–H groups in total. The predicted molar refractivity (Wildman–Crippen MR) is 68.3 cm³/mol. The van der Waals surface area contributed by atoms with Gasteiger partial charge in [-0.15, -0.1) is 0 Å². The first-order valence-corrected chi connectivity index (χ1v) is 7.71. The summed E-state index contributed by atoms with van der Waals surface area (Å²) >= 11 is 0. The number of anilines is 1. The first-order valence-electron chi connectivity index (χ1n) is 5.89. The van der Waals surface area contributed by atoms with Crippen molar-refractivity contribution in [2.45, 2.75) is 18.9 Å². The predicted octanol–water partition coefficient (Wildman–Crippen LogP) is 1.86. The lowest BCUT2D eigenvalue weighted by atomic mass is 10.1. The molecule has 0 amide bonds. The minimum Gasteiger partial charge on any atom is -0.380 e. The Bertz CT molecular complexity index is 634. The normalized spacial score (nSPS) is 18.7. The molecule has 0 aliphatic carbocycles. The fourth-order valence-corrected chi connectivity index (χ4v) is 3.53. The summed E-state index contributed by atoms with van der Waals surface area (Å²) in [7, 11) is -3.05. The van der Waals surface area contributed by atoms with Crippen molar-refractivity contribution in [1.82, 2.24) is 0 Å². The number of hydrogen-bond acceptors (Lipinski definition) is 5. The maximum absolute atomic E-state index is 13.6. The van der Waals surface area contributed by atoms with Gasteiger partial charge in [-0.3, -0.25) is 10.1 Å². The molecule has 0 spiro atoms. The molecular formula is C11H12F2N2O4S. The van der Waals surface area contributed by atoms with Crippen molar-refractivity contribution in [3.05, 3.63) is 33.9 Å². The van der Waals surface area contributed by atoms with Gasteiger partial charge in [0.2, 0.25) is 5.82 Å². The Morgan fingerprint density at radius 3 is 2.35 bits per heavy atom. The molecule has 9 heteroatoms. The van der Waals surface area contributed by atoms with Gasteiger partial charge in [0, 0.05) is 18.2 Å². The topological polar surface area (TPSA) is 89.3 Å². The van der Waals surface area contributed by atoms with Crippen molar-refractivity contribution < 1.29 is 22.1 Å². The molecule has 6 nitrogen and oxygen atoms in total. The summed E-state index contributed by atoms with van der Waals surface area (Å²) in [5, 5.41) is 13.3. The van der Waals surface area contributed by atoms with E-state index in [9.17, 15) is 27.3 Å². The van der Waals surface area contributed by atoms with Gasteiger partial charge >= 0.3 is 5.69 Å². The maximum atomic E-state index is 13.6. The zero-order chi connectivity index (χ0) is 14.9. The van der Waals surface area contributed by atoms with Crippen molar-refractivity contribution in [2.24, 2.45) is 0 Å². The van der Waals surface area contributed by atoms with Crippen LogP contribution < -0.4 is 5.32 Å². The number of hydrogen-bond donors (Lipinski definition) is 1. The summed E-state index contributed by atoms with van der Waals surface area (Å²) in [6, 6.07) is 0.923. The lowest BCUT2D eigenvalue weighted by Crippen LogP contribution is -2.32. The highest BCUT2D eigenvalue weighted by Gasteiger charge is 2.25. The monoisotopic (exact) mass is 306 g/mol. The van der Waals surface area contributed by atoms with Crippen LogP contribution in [0.4, 0.5) is 20.2 Å². The van der Waals surface area contributed by atoms with Crippen molar-refractivity contribution in [3.63, 3.8) is 0 Å². The molecule has 20 heavy (non-hydrogen) atoms. The maximum Gasteiger partial charge on any atom is 0.307 e. The third-order valence-corrected chi connectivity index (χ3v) is 4.86. The molecule has 1 aromatic rings. The van der Waals surface area contributed by atoms with Crippen molar-refractivity contribution in [2.75, 3.05) is 16.8 Å². The molecule has 2 rings (SSSR count). The van der Waals surface area contributed by atoms with Gasteiger partial charge in [0.1, 0.15) is 15.7 Å². The Morgan fingerprint density at radius 2 is 1.80 bits per heavy atom. The summed E-state index contributed by atoms with van der Waals surface area (Å²) in [6.07, 6.45) is 0.569. The standard InChI is InChI=1S/C11H12F2N2O4S/c12-8-5-9(13)11(15(16)17)6-10(8)14-7-1-3-20(18,19)4-2-7/h5-7,14H,1-4H2. The molecular weight excluding hydrogens is 294 g/mol. The number of nitrogens with one attached hydrogen (secondary N) is 1.